The van der Waals surface area contributed by atoms with Gasteiger partial charge in [-0.1, -0.05) is 0 Å². The van der Waals surface area contributed by atoms with Gasteiger partial charge in [-0.3, -0.25) is 19.6 Å². The zero-order valence-corrected chi connectivity index (χ0v) is 10.4. The molecule has 0 bridgehead atoms. The molecule has 3 N–H and O–H groups in total. The minimum Gasteiger partial charge on any atom is -0.384 e. The lowest BCUT2D eigenvalue weighted by Gasteiger charge is -2.19. The molecule has 0 radical (unpaired) electrons. The number of nitrogen functional groups attached to an aromatic ring is 1. The molecule has 7 nitrogen and oxygen atoms in total. The molecule has 2 aromatic rings. The third-order valence-corrected chi connectivity index (χ3v) is 3.31. The predicted octanol–water partition coefficient (Wildman–Crippen LogP) is 0.0707. The maximum absolute atomic E-state index is 11.9. The Kier molecular flexibility index (Phi) is 2.48. The largest absolute Gasteiger partial charge is 0.384 e. The van der Waals surface area contributed by atoms with Crippen molar-refractivity contribution in [1.82, 2.24) is 20.1 Å². The van der Waals surface area contributed by atoms with Crippen molar-refractivity contribution in [3.05, 3.63) is 17.8 Å². The van der Waals surface area contributed by atoms with Crippen molar-refractivity contribution in [1.29, 1.82) is 0 Å². The van der Waals surface area contributed by atoms with Gasteiger partial charge in [0.25, 0.3) is 0 Å². The highest BCUT2D eigenvalue weighted by Crippen LogP contribution is 2.29. The van der Waals surface area contributed by atoms with Crippen molar-refractivity contribution in [3.63, 3.8) is 0 Å². The maximum atomic E-state index is 11.9. The van der Waals surface area contributed by atoms with E-state index < -0.39 is 5.92 Å². The van der Waals surface area contributed by atoms with Crippen molar-refractivity contribution < 1.29 is 9.59 Å². The number of imide groups is 1. The van der Waals surface area contributed by atoms with Crippen LogP contribution in [0.25, 0.3) is 11.0 Å². The summed E-state index contributed by atoms with van der Waals surface area (Å²) in [7, 11) is 1.75. The van der Waals surface area contributed by atoms with E-state index in [0.717, 1.165) is 5.39 Å². The van der Waals surface area contributed by atoms with Crippen molar-refractivity contribution in [2.45, 2.75) is 18.8 Å². The number of hydrogen-bond donors (Lipinski definition) is 2. The fraction of sp³-hybridized carbons (Fsp3) is 0.333. The van der Waals surface area contributed by atoms with Crippen LogP contribution in [0.5, 0.6) is 0 Å². The molecule has 1 fully saturated rings. The summed E-state index contributed by atoms with van der Waals surface area (Å²) in [6.45, 7) is 0. The van der Waals surface area contributed by atoms with Crippen LogP contribution in [0.3, 0.4) is 0 Å². The molecule has 0 saturated carbocycles. The molecule has 2 amide bonds. The molecule has 1 saturated heterocycles. The van der Waals surface area contributed by atoms with E-state index in [9.17, 15) is 9.59 Å². The predicted molar refractivity (Wildman–Crippen MR) is 68.0 cm³/mol. The smallest absolute Gasteiger partial charge is 0.235 e. The highest BCUT2D eigenvalue weighted by atomic mass is 16.2. The van der Waals surface area contributed by atoms with Gasteiger partial charge in [-0.05, 0) is 18.6 Å². The fourth-order valence-corrected chi connectivity index (χ4v) is 2.38. The molecule has 1 atom stereocenters. The molecule has 3 rings (SSSR count). The second-order valence-corrected chi connectivity index (χ2v) is 4.62. The number of nitrogens with two attached hydrogens (primary N) is 1. The Labute approximate surface area is 108 Å². The van der Waals surface area contributed by atoms with Crippen LogP contribution in [0.2, 0.25) is 0 Å². The zero-order valence-electron chi connectivity index (χ0n) is 10.4. The molecular weight excluding hydrogens is 246 g/mol. The second-order valence-electron chi connectivity index (χ2n) is 4.62. The summed E-state index contributed by atoms with van der Waals surface area (Å²) in [5.74, 6) is -0.533. The number of pyridine rings is 1. The summed E-state index contributed by atoms with van der Waals surface area (Å²) in [5.41, 5.74) is 6.94. The number of carbonyl (C=O) groups excluding carboxylic acids is 2. The van der Waals surface area contributed by atoms with Crippen molar-refractivity contribution >= 4 is 28.7 Å². The minimum atomic E-state index is -0.410. The molecule has 1 aliphatic rings. The summed E-state index contributed by atoms with van der Waals surface area (Å²) < 4.78 is 1.60. The lowest BCUT2D eigenvalue weighted by atomic mass is 9.93. The molecular formula is C12H13N5O2. The Morgan fingerprint density at radius 2 is 2.21 bits per heavy atom. The molecule has 19 heavy (non-hydrogen) atoms. The lowest BCUT2D eigenvalue weighted by Crippen LogP contribution is -2.39. The van der Waals surface area contributed by atoms with E-state index in [1.54, 1.807) is 17.8 Å². The number of piperidine rings is 1. The number of amides is 2. The Morgan fingerprint density at radius 1 is 1.42 bits per heavy atom. The minimum absolute atomic E-state index is 0.233. The quantitative estimate of drug-likeness (QED) is 0.705. The van der Waals surface area contributed by atoms with Gasteiger partial charge < -0.3 is 5.73 Å². The summed E-state index contributed by atoms with van der Waals surface area (Å²) in [4.78, 5) is 27.3. The molecule has 2 aromatic heterocycles. The molecule has 0 spiro atoms. The van der Waals surface area contributed by atoms with Gasteiger partial charge in [0.05, 0.1) is 11.6 Å². The highest BCUT2D eigenvalue weighted by Gasteiger charge is 2.31. The van der Waals surface area contributed by atoms with Crippen molar-refractivity contribution in [2.24, 2.45) is 7.05 Å². The van der Waals surface area contributed by atoms with Crippen LogP contribution in [-0.2, 0) is 16.6 Å². The van der Waals surface area contributed by atoms with Crippen LogP contribution in [0.1, 0.15) is 24.5 Å². The van der Waals surface area contributed by atoms with Crippen LogP contribution in [-0.4, -0.2) is 26.6 Å². The average molecular weight is 259 g/mol. The van der Waals surface area contributed by atoms with Crippen LogP contribution in [0.4, 0.5) is 5.82 Å². The summed E-state index contributed by atoms with van der Waals surface area (Å²) in [6.07, 6.45) is 0.804. The third-order valence-electron chi connectivity index (χ3n) is 3.31. The third kappa shape index (κ3) is 1.83. The number of aryl methyl sites for hydroxylation is 1. The van der Waals surface area contributed by atoms with Gasteiger partial charge in [-0.2, -0.15) is 5.10 Å². The van der Waals surface area contributed by atoms with Gasteiger partial charge in [-0.15, -0.1) is 0 Å². The molecule has 98 valence electrons. The number of nitrogens with one attached hydrogen (secondary N) is 1. The van der Waals surface area contributed by atoms with Gasteiger partial charge in [0, 0.05) is 18.9 Å². The standard InChI is InChI=1S/C12H13N5O2/c1-17-11-6(2-4-8(13)14-11)10(16-17)7-3-5-9(18)15-12(7)19/h2,4,7H,3,5H2,1H3,(H2,13,14)(H,15,18,19). The number of hydrogen-bond acceptors (Lipinski definition) is 5. The first kappa shape index (κ1) is 11.6. The van der Waals surface area contributed by atoms with Gasteiger partial charge in [0.2, 0.25) is 11.8 Å². The first-order chi connectivity index (χ1) is 9.06. The summed E-state index contributed by atoms with van der Waals surface area (Å²) >= 11 is 0. The van der Waals surface area contributed by atoms with Crippen LogP contribution >= 0.6 is 0 Å². The molecule has 3 heterocycles. The normalized spacial score (nSPS) is 19.7. The number of carbonyl (C=O) groups is 2. The lowest BCUT2D eigenvalue weighted by molar-refractivity contribution is -0.134. The van der Waals surface area contributed by atoms with Gasteiger partial charge >= 0.3 is 0 Å². The van der Waals surface area contributed by atoms with E-state index >= 15 is 0 Å². The molecule has 0 aliphatic carbocycles. The van der Waals surface area contributed by atoms with Gasteiger partial charge in [-0.25, -0.2) is 4.98 Å². The number of nitrogens with zero attached hydrogens (tertiary/aromatic N) is 3. The van der Waals surface area contributed by atoms with Crippen LogP contribution in [0.15, 0.2) is 12.1 Å². The summed E-state index contributed by atoms with van der Waals surface area (Å²) in [5, 5.41) is 7.49. The maximum Gasteiger partial charge on any atom is 0.235 e. The topological polar surface area (TPSA) is 103 Å². The van der Waals surface area contributed by atoms with Crippen molar-refractivity contribution in [3.8, 4) is 0 Å². The molecule has 1 unspecified atom stereocenters. The number of rotatable bonds is 1. The Hall–Kier alpha value is -2.44. The van der Waals surface area contributed by atoms with Crippen molar-refractivity contribution in [2.75, 3.05) is 5.73 Å². The Morgan fingerprint density at radius 3 is 2.95 bits per heavy atom. The zero-order chi connectivity index (χ0) is 13.6. The van der Waals surface area contributed by atoms with Gasteiger partial charge in [0.15, 0.2) is 5.65 Å². The molecule has 7 heteroatoms. The number of aromatic nitrogens is 3. The SMILES string of the molecule is Cn1nc(C2CCC(=O)NC2=O)c2ccc(N)nc21. The number of fused-ring (bicyclic) bond motifs is 1. The van der Waals surface area contributed by atoms with Gasteiger partial charge in [0.1, 0.15) is 5.82 Å². The van der Waals surface area contributed by atoms with E-state index in [2.05, 4.69) is 15.4 Å². The number of anilines is 1. The van der Waals surface area contributed by atoms with E-state index in [4.69, 9.17) is 5.73 Å². The monoisotopic (exact) mass is 259 g/mol. The molecule has 1 aliphatic heterocycles. The van der Waals surface area contributed by atoms with E-state index in [-0.39, 0.29) is 11.8 Å². The Balaban J connectivity index is 2.10. The first-order valence-electron chi connectivity index (χ1n) is 5.99. The van der Waals surface area contributed by atoms with E-state index in [1.165, 1.54) is 0 Å². The Bertz CT molecular complexity index is 691. The van der Waals surface area contributed by atoms with E-state index in [1.807, 2.05) is 6.07 Å². The molecule has 0 aromatic carbocycles. The average Bonchev–Trinajstić information content (AvgIpc) is 2.66. The fourth-order valence-electron chi connectivity index (χ4n) is 2.38. The second kappa shape index (κ2) is 4.04. The van der Waals surface area contributed by atoms with E-state index in [0.29, 0.717) is 30.0 Å². The highest BCUT2D eigenvalue weighted by molar-refractivity contribution is 6.02. The van der Waals surface area contributed by atoms with Crippen LogP contribution < -0.4 is 11.1 Å². The first-order valence-corrected chi connectivity index (χ1v) is 5.99. The summed E-state index contributed by atoms with van der Waals surface area (Å²) in [6, 6.07) is 3.49. The van der Waals surface area contributed by atoms with Crippen LogP contribution in [0, 0.1) is 0 Å².